The first-order valence-electron chi connectivity index (χ1n) is 13.1. The number of pyridine rings is 1. The van der Waals surface area contributed by atoms with Gasteiger partial charge in [0, 0.05) is 42.0 Å². The van der Waals surface area contributed by atoms with Crippen LogP contribution in [-0.4, -0.2) is 62.5 Å². The molecule has 2 aromatic heterocycles. The van der Waals surface area contributed by atoms with E-state index in [4.69, 9.17) is 0 Å². The van der Waals surface area contributed by atoms with Gasteiger partial charge in [0.25, 0.3) is 0 Å². The van der Waals surface area contributed by atoms with E-state index in [1.165, 1.54) is 31.2 Å². The number of phosphoric acid groups is 1. The molecule has 1 aromatic carbocycles. The Hall–Kier alpha value is -0.700. The van der Waals surface area contributed by atoms with Crippen molar-refractivity contribution >= 4 is 50.9 Å². The van der Waals surface area contributed by atoms with Crippen LogP contribution in [0.3, 0.4) is 0 Å². The number of carbonyl (C=O) groups excluding carboxylic acids is 1. The van der Waals surface area contributed by atoms with E-state index in [2.05, 4.69) is 41.3 Å². The normalized spacial score (nSPS) is 18.8. The molecule has 1 aliphatic heterocycles. The minimum atomic E-state index is -5.83. The molecule has 1 aliphatic rings. The summed E-state index contributed by atoms with van der Waals surface area (Å²) in [5.74, 6) is -2.75. The Morgan fingerprint density at radius 3 is 2.14 bits per heavy atom. The van der Waals surface area contributed by atoms with Crippen LogP contribution in [0.2, 0.25) is 0 Å². The summed E-state index contributed by atoms with van der Waals surface area (Å²) in [6.45, 7) is -1.07. The Bertz CT molecular complexity index is 1790. The number of benzene rings is 1. The van der Waals surface area contributed by atoms with Gasteiger partial charge >= 0.3 is 71.5 Å². The Morgan fingerprint density at radius 2 is 1.63 bits per heavy atom. The molecule has 1 fully saturated rings. The van der Waals surface area contributed by atoms with Crippen LogP contribution in [0.4, 0.5) is 26.3 Å². The van der Waals surface area contributed by atoms with Crippen molar-refractivity contribution in [1.29, 1.82) is 0 Å². The van der Waals surface area contributed by atoms with Crippen molar-refractivity contribution in [1.82, 2.24) is 24.2 Å². The molecule has 4 rings (SSSR count). The monoisotopic (exact) mass is 791 g/mol. The molecule has 0 aliphatic carbocycles. The fourth-order valence-electron chi connectivity index (χ4n) is 4.73. The smallest absolute Gasteiger partial charge is 0.790 e. The third-order valence-electron chi connectivity index (χ3n) is 7.01. The second kappa shape index (κ2) is 17.0. The van der Waals surface area contributed by atoms with E-state index in [1.54, 1.807) is 0 Å². The number of sulfonamides is 1. The molecule has 1 unspecified atom stereocenters. The second-order valence-electron chi connectivity index (χ2n) is 10.2. The number of thiol groups is 1. The van der Waals surface area contributed by atoms with Gasteiger partial charge in [-0.2, -0.15) is 43.3 Å². The molecule has 4 atom stereocenters. The number of amides is 1. The molecule has 49 heavy (non-hydrogen) atoms. The first-order valence-corrected chi connectivity index (χ1v) is 17.1. The Kier molecular flexibility index (Phi) is 15.4. The van der Waals surface area contributed by atoms with Crippen LogP contribution >= 0.6 is 29.7 Å². The number of carbonyl (C=O) groups is 1. The number of rotatable bonds is 9. The Balaban J connectivity index is 0.00000417. The van der Waals surface area contributed by atoms with E-state index in [0.717, 1.165) is 10.4 Å². The average molecular weight is 792 g/mol. The topological polar surface area (TPSA) is 169 Å². The second-order valence-corrected chi connectivity index (χ2v) is 14.5. The zero-order valence-corrected chi connectivity index (χ0v) is 33.5. The van der Waals surface area contributed by atoms with E-state index < -0.39 is 83.7 Å². The SMILES string of the molecule is C[C@H]1[C@H](S)C[C@@H](C(=O)N(COP(=O)([O-])[O-])Cc2cc(-c3cnc(C(F)(F)F)nc3)ncc2C(F)(F)F)N1S(=O)(=O)c1ccc(P)cc1.[Na+].[Na+]. The first kappa shape index (κ1) is 44.5. The first-order chi connectivity index (χ1) is 21.6. The third-order valence-corrected chi connectivity index (χ3v) is 10.5. The summed E-state index contributed by atoms with van der Waals surface area (Å²) in [5, 5.41) is -0.119. The summed E-state index contributed by atoms with van der Waals surface area (Å²) in [5.41, 5.74) is -2.81. The molecule has 24 heteroatoms. The van der Waals surface area contributed by atoms with Crippen LogP contribution in [0.25, 0.3) is 11.3 Å². The van der Waals surface area contributed by atoms with E-state index in [9.17, 15) is 53.9 Å². The summed E-state index contributed by atoms with van der Waals surface area (Å²) < 4.78 is 125. The number of halogens is 6. The summed E-state index contributed by atoms with van der Waals surface area (Å²) in [7, 11) is -7.91. The molecular formula is C25H23F6N5Na2O7P2S2. The molecular weight excluding hydrogens is 768 g/mol. The average Bonchev–Trinajstić information content (AvgIpc) is 3.28. The fraction of sp³-hybridized carbons (Fsp3) is 0.360. The molecule has 256 valence electrons. The van der Waals surface area contributed by atoms with Crippen molar-refractivity contribution in [2.75, 3.05) is 6.73 Å². The number of phosphoric ester groups is 1. The number of hydrogen-bond donors (Lipinski definition) is 1. The molecule has 1 saturated heterocycles. The number of alkyl halides is 6. The van der Waals surface area contributed by atoms with Crippen molar-refractivity contribution in [3.8, 4) is 11.3 Å². The number of hydrogen-bond acceptors (Lipinski definition) is 11. The zero-order valence-electron chi connectivity index (χ0n) is 25.7. The Labute approximate surface area is 328 Å². The molecule has 3 heterocycles. The fourth-order valence-corrected chi connectivity index (χ4v) is 7.46. The molecule has 1 amide bonds. The van der Waals surface area contributed by atoms with Gasteiger partial charge in [0.2, 0.25) is 21.8 Å². The maximum atomic E-state index is 14.1. The summed E-state index contributed by atoms with van der Waals surface area (Å²) >= 11 is 4.36. The molecule has 0 bridgehead atoms. The van der Waals surface area contributed by atoms with E-state index in [1.807, 2.05) is 0 Å². The van der Waals surface area contributed by atoms with Crippen molar-refractivity contribution in [2.45, 2.75) is 54.5 Å². The Morgan fingerprint density at radius 1 is 1.06 bits per heavy atom. The van der Waals surface area contributed by atoms with Crippen LogP contribution in [-0.2, 0) is 42.8 Å². The van der Waals surface area contributed by atoms with E-state index in [-0.39, 0.29) is 81.7 Å². The van der Waals surface area contributed by atoms with Gasteiger partial charge < -0.3 is 23.8 Å². The maximum Gasteiger partial charge on any atom is 1.00 e. The van der Waals surface area contributed by atoms with Gasteiger partial charge in [0.15, 0.2) is 0 Å². The zero-order chi connectivity index (χ0) is 35.1. The number of nitrogens with zero attached hydrogens (tertiary/aromatic N) is 5. The third kappa shape index (κ3) is 10.9. The minimum Gasteiger partial charge on any atom is -0.790 e. The van der Waals surface area contributed by atoms with E-state index >= 15 is 0 Å². The van der Waals surface area contributed by atoms with Gasteiger partial charge in [0.1, 0.15) is 12.8 Å². The summed E-state index contributed by atoms with van der Waals surface area (Å²) in [6.07, 6.45) is -8.65. The van der Waals surface area contributed by atoms with Gasteiger partial charge in [-0.15, -0.1) is 9.24 Å². The molecule has 0 spiro atoms. The van der Waals surface area contributed by atoms with Crippen LogP contribution < -0.4 is 74.2 Å². The molecule has 12 nitrogen and oxygen atoms in total. The quantitative estimate of drug-likeness (QED) is 0.0751. The number of aromatic nitrogens is 3. The van der Waals surface area contributed by atoms with Gasteiger partial charge in [-0.05, 0) is 42.4 Å². The molecule has 3 aromatic rings. The van der Waals surface area contributed by atoms with Gasteiger partial charge in [-0.25, -0.2) is 18.4 Å². The van der Waals surface area contributed by atoms with Gasteiger partial charge in [0.05, 0.1) is 24.0 Å². The summed E-state index contributed by atoms with van der Waals surface area (Å²) in [4.78, 5) is 46.7. The van der Waals surface area contributed by atoms with Gasteiger partial charge in [-0.3, -0.25) is 9.78 Å². The largest absolute Gasteiger partial charge is 1.00 e. The van der Waals surface area contributed by atoms with E-state index in [0.29, 0.717) is 28.8 Å². The maximum absolute atomic E-state index is 14.1. The van der Waals surface area contributed by atoms with Crippen molar-refractivity contribution in [3.63, 3.8) is 0 Å². The summed E-state index contributed by atoms with van der Waals surface area (Å²) in [6, 6.07) is 3.66. The van der Waals surface area contributed by atoms with Crippen LogP contribution in [0.1, 0.15) is 30.3 Å². The molecule has 0 radical (unpaired) electrons. The van der Waals surface area contributed by atoms with Crippen molar-refractivity contribution in [3.05, 3.63) is 65.9 Å². The van der Waals surface area contributed by atoms with Crippen LogP contribution in [0.15, 0.2) is 53.8 Å². The minimum absolute atomic E-state index is 0. The standard InChI is InChI=1S/C25H25F6N5O7P2S2.2Na/c1-13-21(46)7-20(36(13)47(41,42)17-4-2-16(44)3-5-17)22(37)35(12-43-45(38,39)40)11-14-6-19(32-10-18(14)24(26,27)28)15-8-33-23(34-9-15)25(29,30)31;;/h2-6,8-10,13,20-21,46H,7,11-12,44H2,1H3,(H2,38,39,40);;/q;2*+1/p-2/t13-,20-,21+;;/m0../s1. The van der Waals surface area contributed by atoms with Gasteiger partial charge in [-0.1, -0.05) is 12.1 Å². The van der Waals surface area contributed by atoms with Crippen molar-refractivity contribution in [2.24, 2.45) is 0 Å². The molecule has 0 saturated carbocycles. The van der Waals surface area contributed by atoms with Crippen LogP contribution in [0, 0.1) is 0 Å². The van der Waals surface area contributed by atoms with Crippen molar-refractivity contribution < 1.29 is 118 Å². The predicted molar refractivity (Wildman–Crippen MR) is 155 cm³/mol. The molecule has 0 N–H and O–H groups in total. The van der Waals surface area contributed by atoms with Crippen LogP contribution in [0.5, 0.6) is 0 Å². The predicted octanol–water partition coefficient (Wildman–Crippen LogP) is -3.63.